The van der Waals surface area contributed by atoms with Crippen molar-refractivity contribution in [1.29, 1.82) is 0 Å². The van der Waals surface area contributed by atoms with Crippen LogP contribution in [0.2, 0.25) is 0 Å². The molecule has 0 radical (unpaired) electrons. The number of fused-ring (bicyclic) bond motifs is 4. The van der Waals surface area contributed by atoms with Gasteiger partial charge in [-0.15, -0.1) is 0 Å². The number of ether oxygens (including phenoxy) is 7. The van der Waals surface area contributed by atoms with Crippen molar-refractivity contribution >= 4 is 10.4 Å². The van der Waals surface area contributed by atoms with E-state index in [1.807, 2.05) is 6.92 Å². The number of aliphatic hydroxyl groups is 10. The van der Waals surface area contributed by atoms with Crippen LogP contribution >= 0.6 is 0 Å². The molecule has 1 unspecified atom stereocenters. The highest BCUT2D eigenvalue weighted by molar-refractivity contribution is 7.80. The molecular formula is C48H78O21S. The zero-order valence-corrected chi connectivity index (χ0v) is 41.9. The van der Waals surface area contributed by atoms with Crippen LogP contribution in [-0.2, 0) is 47.7 Å². The van der Waals surface area contributed by atoms with Crippen molar-refractivity contribution in [3.8, 4) is 0 Å². The quantitative estimate of drug-likeness (QED) is 0.0701. The van der Waals surface area contributed by atoms with Gasteiger partial charge in [-0.1, -0.05) is 53.7 Å². The van der Waals surface area contributed by atoms with Gasteiger partial charge in [0.1, 0.15) is 67.1 Å². The number of aliphatic hydroxyl groups excluding tert-OH is 10. The zero-order valence-electron chi connectivity index (χ0n) is 41.1. The van der Waals surface area contributed by atoms with Crippen molar-refractivity contribution in [2.75, 3.05) is 26.4 Å². The van der Waals surface area contributed by atoms with Gasteiger partial charge in [0.2, 0.25) is 0 Å². The highest BCUT2D eigenvalue weighted by Gasteiger charge is 2.79. The third kappa shape index (κ3) is 7.98. The molecule has 4 saturated carbocycles. The molecule has 21 nitrogen and oxygen atoms in total. The molecule has 22 heteroatoms. The first-order chi connectivity index (χ1) is 32.6. The number of hydrogen-bond donors (Lipinski definition) is 11. The van der Waals surface area contributed by atoms with Gasteiger partial charge in [-0.25, -0.2) is 4.18 Å². The van der Waals surface area contributed by atoms with Gasteiger partial charge in [0.05, 0.1) is 50.3 Å². The molecule has 5 aliphatic carbocycles. The Bertz CT molecular complexity index is 2060. The Kier molecular flexibility index (Phi) is 14.1. The molecule has 8 fully saturated rings. The predicted octanol–water partition coefficient (Wildman–Crippen LogP) is -0.572. The summed E-state index contributed by atoms with van der Waals surface area (Å²) in [6, 6.07) is 0. The molecule has 2 bridgehead atoms. The van der Waals surface area contributed by atoms with Crippen molar-refractivity contribution in [2.45, 2.75) is 210 Å². The Balaban J connectivity index is 1.03. The Morgan fingerprint density at radius 2 is 1.30 bits per heavy atom. The maximum absolute atomic E-state index is 12.3. The van der Waals surface area contributed by atoms with Gasteiger partial charge in [-0.2, -0.15) is 8.42 Å². The van der Waals surface area contributed by atoms with Crippen LogP contribution in [0.3, 0.4) is 0 Å². The van der Waals surface area contributed by atoms with E-state index in [-0.39, 0.29) is 40.6 Å². The smallest absolute Gasteiger partial charge is 0.396 e. The summed E-state index contributed by atoms with van der Waals surface area (Å²) in [5.74, 6) is 0.0265. The number of hydrogen-bond acceptors (Lipinski definition) is 20. The second kappa shape index (κ2) is 18.3. The normalized spacial score (nSPS) is 56.3. The van der Waals surface area contributed by atoms with E-state index in [4.69, 9.17) is 33.2 Å². The van der Waals surface area contributed by atoms with E-state index in [0.717, 1.165) is 25.7 Å². The molecule has 70 heavy (non-hydrogen) atoms. The lowest BCUT2D eigenvalue weighted by molar-refractivity contribution is -0.397. The van der Waals surface area contributed by atoms with Crippen molar-refractivity contribution in [1.82, 2.24) is 0 Å². The Morgan fingerprint density at radius 3 is 1.94 bits per heavy atom. The minimum Gasteiger partial charge on any atom is -0.396 e. The fraction of sp³-hybridized carbons (Fsp3) is 0.958. The molecule has 0 aromatic rings. The third-order valence-electron chi connectivity index (χ3n) is 20.2. The average molecular weight is 1020 g/mol. The third-order valence-corrected chi connectivity index (χ3v) is 20.7. The molecule has 402 valence electrons. The lowest BCUT2D eigenvalue weighted by atomic mass is 9.32. The highest BCUT2D eigenvalue weighted by Crippen LogP contribution is 2.79. The SMILES string of the molecule is C[C@@H]1O[C@@H](O[C@H]2CC[C@@]3(C)C(CC[C@]4(C)[C@@H]3C=C[C@]35OC[C@@]6(CCC(C)(C)C[C@H]63)[C@@H](O)C[C@]54C)[C@]2(C)CO)[C@H](O[C@@H]2O[C@H](CO)[C@@H](OS(=O)(=O)O)[C@H](O)[C@H]2O)[C@@H](O[C@@H]2O[C@H](CO)[C@@H](O)[C@H](O)[C@H]2O)[C@@H]1O. The largest absolute Gasteiger partial charge is 0.397 e. The van der Waals surface area contributed by atoms with E-state index in [0.29, 0.717) is 32.3 Å². The van der Waals surface area contributed by atoms with Gasteiger partial charge in [0.25, 0.3) is 0 Å². The molecule has 4 saturated heterocycles. The second-order valence-corrected chi connectivity index (χ2v) is 25.3. The average Bonchev–Trinajstić information content (AvgIpc) is 3.57. The molecule has 0 amide bonds. The molecule has 9 rings (SSSR count). The summed E-state index contributed by atoms with van der Waals surface area (Å²) >= 11 is 0. The maximum Gasteiger partial charge on any atom is 0.397 e. The minimum absolute atomic E-state index is 0.0136. The summed E-state index contributed by atoms with van der Waals surface area (Å²) in [6.45, 7) is 13.5. The van der Waals surface area contributed by atoms with E-state index in [1.165, 1.54) is 6.92 Å². The number of rotatable bonds is 11. The molecule has 1 spiro atoms. The van der Waals surface area contributed by atoms with Crippen molar-refractivity contribution in [2.24, 2.45) is 50.2 Å². The summed E-state index contributed by atoms with van der Waals surface area (Å²) < 4.78 is 81.5. The molecular weight excluding hydrogens is 945 g/mol. The first-order valence-electron chi connectivity index (χ1n) is 25.1. The van der Waals surface area contributed by atoms with Crippen LogP contribution in [0.15, 0.2) is 12.2 Å². The van der Waals surface area contributed by atoms with E-state index < -0.39 is 150 Å². The fourth-order valence-electron chi connectivity index (χ4n) is 16.0. The molecule has 0 aromatic carbocycles. The topological polar surface area (TPSA) is 331 Å². The van der Waals surface area contributed by atoms with Crippen LogP contribution < -0.4 is 0 Å². The molecule has 4 aliphatic heterocycles. The van der Waals surface area contributed by atoms with Gasteiger partial charge in [0.15, 0.2) is 18.9 Å². The van der Waals surface area contributed by atoms with Gasteiger partial charge in [-0.3, -0.25) is 4.55 Å². The van der Waals surface area contributed by atoms with Gasteiger partial charge in [-0.05, 0) is 86.4 Å². The van der Waals surface area contributed by atoms with Crippen molar-refractivity contribution < 1.29 is 101 Å². The van der Waals surface area contributed by atoms with Crippen LogP contribution in [0, 0.1) is 50.2 Å². The van der Waals surface area contributed by atoms with Crippen molar-refractivity contribution in [3.63, 3.8) is 0 Å². The summed E-state index contributed by atoms with van der Waals surface area (Å²) in [5, 5.41) is 110. The Morgan fingerprint density at radius 1 is 0.657 bits per heavy atom. The molecule has 0 aromatic heterocycles. The van der Waals surface area contributed by atoms with Crippen LogP contribution in [0.25, 0.3) is 0 Å². The molecule has 4 heterocycles. The Labute approximate surface area is 409 Å². The van der Waals surface area contributed by atoms with E-state index in [1.54, 1.807) is 0 Å². The lowest BCUT2D eigenvalue weighted by Gasteiger charge is -2.73. The minimum atomic E-state index is -5.24. The van der Waals surface area contributed by atoms with E-state index >= 15 is 0 Å². The summed E-state index contributed by atoms with van der Waals surface area (Å²) in [6.07, 6.45) is -17.1. The first-order valence-corrected chi connectivity index (χ1v) is 26.5. The highest BCUT2D eigenvalue weighted by atomic mass is 32.3. The van der Waals surface area contributed by atoms with E-state index in [9.17, 15) is 64.0 Å². The lowest BCUT2D eigenvalue weighted by Crippen LogP contribution is -2.72. The van der Waals surface area contributed by atoms with Crippen LogP contribution in [-0.4, -0.2) is 200 Å². The standard InChI is InChI=1S/C48H78O21S/c1-22-30(53)37(67-39-34(57)32(55)31(54)23(18-49)64-39)38(68-40-35(58)33(56)36(24(19-50)65-40)69-70(59,60)61)41(63-22)66-29-10-11-43(4)25(44(29,5)20-51)8-12-45(6)26(43)9-13-48-27-16-42(2,3)14-15-47(27,21-62-48)28(52)17-46(45,48)7/h9,13,22-41,49-58H,8,10-12,14-21H2,1-7H3,(H,59,60,61)/t22-,23+,24+,25?,26+,27+,28-,29-,30+,31+,32-,33+,34+,35+,36+,37-,38+,39-,40-,41-,43-,44-,45+,46-,47+,48-/m0/s1. The van der Waals surface area contributed by atoms with Crippen LogP contribution in [0.5, 0.6) is 0 Å². The van der Waals surface area contributed by atoms with Crippen molar-refractivity contribution in [3.05, 3.63) is 12.2 Å². The maximum atomic E-state index is 12.3. The zero-order chi connectivity index (χ0) is 51.1. The fourth-order valence-corrected chi connectivity index (χ4v) is 16.5. The van der Waals surface area contributed by atoms with Gasteiger partial charge >= 0.3 is 10.4 Å². The predicted molar refractivity (Wildman–Crippen MR) is 240 cm³/mol. The summed E-state index contributed by atoms with van der Waals surface area (Å²) in [7, 11) is -5.24. The molecule has 26 atom stereocenters. The van der Waals surface area contributed by atoms with Crippen LogP contribution in [0.1, 0.15) is 99.8 Å². The van der Waals surface area contributed by atoms with E-state index in [2.05, 4.69) is 51.0 Å². The van der Waals surface area contributed by atoms with Gasteiger partial charge in [0, 0.05) is 22.2 Å². The van der Waals surface area contributed by atoms with Gasteiger partial charge < -0.3 is 84.2 Å². The van der Waals surface area contributed by atoms with Crippen LogP contribution in [0.4, 0.5) is 0 Å². The monoisotopic (exact) mass is 1020 g/mol. The second-order valence-electron chi connectivity index (χ2n) is 24.3. The Hall–Kier alpha value is -1.07. The summed E-state index contributed by atoms with van der Waals surface area (Å²) in [4.78, 5) is 0. The molecule has 9 aliphatic rings. The first kappa shape index (κ1) is 53.7. The molecule has 11 N–H and O–H groups in total. The summed E-state index contributed by atoms with van der Waals surface area (Å²) in [5.41, 5.74) is -2.82. The number of allylic oxidation sites excluding steroid dienone is 1.